The summed E-state index contributed by atoms with van der Waals surface area (Å²) in [6, 6.07) is 7.43. The van der Waals surface area contributed by atoms with Crippen LogP contribution in [0.2, 0.25) is 0 Å². The standard InChI is InChI=1S/C12H17N3O2/c1-9-4-6-10(7-5-9)13-12(16)11(14-17)8-15(2)3/h4-7,17H,8H2,1-3H3,(H,13,16)/p+1/b14-11+. The lowest BCUT2D eigenvalue weighted by Gasteiger charge is -2.09. The summed E-state index contributed by atoms with van der Waals surface area (Å²) >= 11 is 0. The molecule has 17 heavy (non-hydrogen) atoms. The van der Waals surface area contributed by atoms with Crippen LogP contribution < -0.4 is 10.2 Å². The van der Waals surface area contributed by atoms with E-state index in [1.54, 1.807) is 0 Å². The van der Waals surface area contributed by atoms with Crippen molar-refractivity contribution in [1.29, 1.82) is 0 Å². The molecule has 1 aromatic carbocycles. The van der Waals surface area contributed by atoms with Crippen LogP contribution in [0.3, 0.4) is 0 Å². The quantitative estimate of drug-likeness (QED) is 0.388. The summed E-state index contributed by atoms with van der Waals surface area (Å²) < 4.78 is 0. The SMILES string of the molecule is Cc1ccc(NC(=O)/C(C[NH+](C)C)=N/O)cc1. The molecule has 0 heterocycles. The highest BCUT2D eigenvalue weighted by Crippen LogP contribution is 2.08. The number of benzene rings is 1. The maximum atomic E-state index is 11.7. The Morgan fingerprint density at radius 3 is 2.41 bits per heavy atom. The van der Waals surface area contributed by atoms with Gasteiger partial charge >= 0.3 is 0 Å². The zero-order valence-electron chi connectivity index (χ0n) is 10.3. The number of aryl methyl sites for hydroxylation is 1. The first-order chi connectivity index (χ1) is 8.02. The van der Waals surface area contributed by atoms with E-state index in [1.165, 1.54) is 0 Å². The van der Waals surface area contributed by atoms with Gasteiger partial charge in [-0.3, -0.25) is 4.79 Å². The molecule has 0 aliphatic carbocycles. The molecule has 0 atom stereocenters. The molecule has 0 fully saturated rings. The topological polar surface area (TPSA) is 66.1 Å². The van der Waals surface area contributed by atoms with Gasteiger partial charge in [0.25, 0.3) is 5.91 Å². The molecule has 1 amide bonds. The number of rotatable bonds is 4. The predicted molar refractivity (Wildman–Crippen MR) is 66.7 cm³/mol. The number of nitrogens with one attached hydrogen (secondary N) is 2. The van der Waals surface area contributed by atoms with Crippen molar-refractivity contribution in [3.8, 4) is 0 Å². The third kappa shape index (κ3) is 4.24. The minimum absolute atomic E-state index is 0.116. The maximum Gasteiger partial charge on any atom is 0.279 e. The average molecular weight is 236 g/mol. The number of amides is 1. The molecule has 0 unspecified atom stereocenters. The molecule has 5 nitrogen and oxygen atoms in total. The molecule has 92 valence electrons. The summed E-state index contributed by atoms with van der Waals surface area (Å²) in [6.45, 7) is 2.34. The lowest BCUT2D eigenvalue weighted by Crippen LogP contribution is -3.07. The van der Waals surface area contributed by atoms with E-state index >= 15 is 0 Å². The van der Waals surface area contributed by atoms with Crippen LogP contribution in [-0.4, -0.2) is 37.5 Å². The number of carbonyl (C=O) groups excluding carboxylic acids is 1. The Bertz CT molecular complexity index is 410. The second-order valence-corrected chi connectivity index (χ2v) is 4.25. The second kappa shape index (κ2) is 6.00. The number of hydrogen-bond acceptors (Lipinski definition) is 3. The van der Waals surface area contributed by atoms with Crippen molar-refractivity contribution < 1.29 is 14.9 Å². The van der Waals surface area contributed by atoms with Gasteiger partial charge in [0.1, 0.15) is 6.54 Å². The summed E-state index contributed by atoms with van der Waals surface area (Å²) in [5, 5.41) is 14.5. The predicted octanol–water partition coefficient (Wildman–Crippen LogP) is -0.0918. The van der Waals surface area contributed by atoms with Gasteiger partial charge in [0.15, 0.2) is 5.71 Å². The molecular formula is C12H18N3O2+. The Kier molecular flexibility index (Phi) is 4.66. The van der Waals surface area contributed by atoms with Gasteiger partial charge in [0.05, 0.1) is 14.1 Å². The first kappa shape index (κ1) is 13.2. The van der Waals surface area contributed by atoms with E-state index in [4.69, 9.17) is 5.21 Å². The largest absolute Gasteiger partial charge is 0.410 e. The molecule has 5 heteroatoms. The Morgan fingerprint density at radius 2 is 1.94 bits per heavy atom. The number of nitrogens with zero attached hydrogens (tertiary/aromatic N) is 1. The van der Waals surface area contributed by atoms with E-state index < -0.39 is 0 Å². The van der Waals surface area contributed by atoms with Gasteiger partial charge in [0, 0.05) is 5.69 Å². The minimum Gasteiger partial charge on any atom is -0.410 e. The number of quaternary nitrogens is 1. The molecule has 0 saturated heterocycles. The second-order valence-electron chi connectivity index (χ2n) is 4.25. The van der Waals surface area contributed by atoms with Crippen LogP contribution >= 0.6 is 0 Å². The van der Waals surface area contributed by atoms with Crippen LogP contribution in [0.4, 0.5) is 5.69 Å². The molecule has 0 aliphatic rings. The van der Waals surface area contributed by atoms with E-state index in [9.17, 15) is 4.79 Å². The molecular weight excluding hydrogens is 218 g/mol. The van der Waals surface area contributed by atoms with Crippen LogP contribution in [0.15, 0.2) is 29.4 Å². The molecule has 1 rings (SSSR count). The number of hydrogen-bond donors (Lipinski definition) is 3. The van der Waals surface area contributed by atoms with Crippen molar-refractivity contribution in [2.75, 3.05) is 26.0 Å². The fourth-order valence-electron chi connectivity index (χ4n) is 1.34. The monoisotopic (exact) mass is 236 g/mol. The van der Waals surface area contributed by atoms with E-state index in [-0.39, 0.29) is 11.6 Å². The van der Waals surface area contributed by atoms with Crippen molar-refractivity contribution in [3.05, 3.63) is 29.8 Å². The number of oxime groups is 1. The van der Waals surface area contributed by atoms with Crippen LogP contribution in [-0.2, 0) is 4.79 Å². The molecule has 1 aromatic rings. The highest BCUT2D eigenvalue weighted by molar-refractivity contribution is 6.43. The molecule has 0 aromatic heterocycles. The number of anilines is 1. The molecule has 0 radical (unpaired) electrons. The zero-order chi connectivity index (χ0) is 12.8. The lowest BCUT2D eigenvalue weighted by molar-refractivity contribution is -0.848. The van der Waals surface area contributed by atoms with Gasteiger partial charge in [-0.25, -0.2) is 0 Å². The minimum atomic E-state index is -0.377. The van der Waals surface area contributed by atoms with Crippen molar-refractivity contribution in [1.82, 2.24) is 0 Å². The molecule has 3 N–H and O–H groups in total. The third-order valence-electron chi connectivity index (χ3n) is 2.21. The van der Waals surface area contributed by atoms with Crippen LogP contribution in [0.1, 0.15) is 5.56 Å². The normalized spacial score (nSPS) is 11.6. The van der Waals surface area contributed by atoms with Gasteiger partial charge in [-0.2, -0.15) is 0 Å². The van der Waals surface area contributed by atoms with Crippen molar-refractivity contribution in [2.45, 2.75) is 6.92 Å². The Hall–Kier alpha value is -1.88. The zero-order valence-corrected chi connectivity index (χ0v) is 10.3. The highest BCUT2D eigenvalue weighted by atomic mass is 16.4. The Morgan fingerprint density at radius 1 is 1.35 bits per heavy atom. The first-order valence-electron chi connectivity index (χ1n) is 5.41. The molecule has 0 saturated carbocycles. The molecule has 0 aliphatic heterocycles. The van der Waals surface area contributed by atoms with Crippen LogP contribution in [0.25, 0.3) is 0 Å². The molecule has 0 spiro atoms. The third-order valence-corrected chi connectivity index (χ3v) is 2.21. The first-order valence-corrected chi connectivity index (χ1v) is 5.41. The molecule has 0 bridgehead atoms. The van der Waals surface area contributed by atoms with Crippen molar-refractivity contribution in [3.63, 3.8) is 0 Å². The highest BCUT2D eigenvalue weighted by Gasteiger charge is 2.15. The van der Waals surface area contributed by atoms with Gasteiger partial charge in [-0.1, -0.05) is 22.9 Å². The lowest BCUT2D eigenvalue weighted by atomic mass is 10.2. The van der Waals surface area contributed by atoms with E-state index in [0.29, 0.717) is 12.2 Å². The van der Waals surface area contributed by atoms with E-state index in [2.05, 4.69) is 10.5 Å². The Labute approximate surface area is 101 Å². The van der Waals surface area contributed by atoms with Crippen LogP contribution in [0, 0.1) is 6.92 Å². The van der Waals surface area contributed by atoms with Gasteiger partial charge in [0.2, 0.25) is 0 Å². The summed E-state index contributed by atoms with van der Waals surface area (Å²) in [5.74, 6) is -0.377. The summed E-state index contributed by atoms with van der Waals surface area (Å²) in [6.07, 6.45) is 0. The van der Waals surface area contributed by atoms with Crippen molar-refractivity contribution >= 4 is 17.3 Å². The van der Waals surface area contributed by atoms with E-state index in [1.807, 2.05) is 45.3 Å². The fraction of sp³-hybridized carbons (Fsp3) is 0.333. The van der Waals surface area contributed by atoms with E-state index in [0.717, 1.165) is 10.5 Å². The summed E-state index contributed by atoms with van der Waals surface area (Å²) in [7, 11) is 3.76. The summed E-state index contributed by atoms with van der Waals surface area (Å²) in [4.78, 5) is 12.8. The van der Waals surface area contributed by atoms with Gasteiger partial charge in [-0.05, 0) is 19.1 Å². The van der Waals surface area contributed by atoms with Crippen molar-refractivity contribution in [2.24, 2.45) is 5.16 Å². The van der Waals surface area contributed by atoms with Gasteiger partial charge in [-0.15, -0.1) is 0 Å². The fourth-order valence-corrected chi connectivity index (χ4v) is 1.34. The maximum absolute atomic E-state index is 11.7. The smallest absolute Gasteiger partial charge is 0.279 e. The average Bonchev–Trinajstić information content (AvgIpc) is 2.28. The number of carbonyl (C=O) groups is 1. The summed E-state index contributed by atoms with van der Waals surface area (Å²) in [5.41, 5.74) is 1.93. The van der Waals surface area contributed by atoms with Gasteiger partial charge < -0.3 is 15.4 Å². The Balaban J connectivity index is 2.68. The van der Waals surface area contributed by atoms with Crippen LogP contribution in [0.5, 0.6) is 0 Å².